The fourth-order valence-corrected chi connectivity index (χ4v) is 8.99. The maximum Gasteiger partial charge on any atom is 0.255 e. The molecule has 0 saturated carbocycles. The maximum atomic E-state index is 13.0. The van der Waals surface area contributed by atoms with E-state index >= 15 is 0 Å². The summed E-state index contributed by atoms with van der Waals surface area (Å²) in [6.07, 6.45) is 0.530. The van der Waals surface area contributed by atoms with Crippen molar-refractivity contribution in [3.8, 4) is 33.4 Å². The number of benzene rings is 4. The van der Waals surface area contributed by atoms with Crippen LogP contribution in [-0.2, 0) is 27.5 Å². The summed E-state index contributed by atoms with van der Waals surface area (Å²) >= 11 is 5.09. The van der Waals surface area contributed by atoms with Crippen molar-refractivity contribution in [2.75, 3.05) is 39.3 Å². The monoisotopic (exact) mass is 851 g/mol. The summed E-state index contributed by atoms with van der Waals surface area (Å²) < 4.78 is 14.6. The van der Waals surface area contributed by atoms with Gasteiger partial charge in [-0.15, -0.1) is 11.3 Å². The molecule has 0 aliphatic carbocycles. The first kappa shape index (κ1) is 38.6. The van der Waals surface area contributed by atoms with Gasteiger partial charge in [0.05, 0.1) is 11.4 Å². The lowest BCUT2D eigenvalue weighted by Gasteiger charge is -2.37. The lowest BCUT2D eigenvalue weighted by Crippen LogP contribution is -2.52. The number of fused-ring (bicyclic) bond motifs is 2. The van der Waals surface area contributed by atoms with Crippen LogP contribution in [0.25, 0.3) is 20.5 Å². The zero-order valence-electron chi connectivity index (χ0n) is 31.3. The number of hydrogen-bond donors (Lipinski definition) is 3. The van der Waals surface area contributed by atoms with E-state index in [1.165, 1.54) is 4.90 Å². The Labute approximate surface area is 342 Å². The number of phenols is 1. The van der Waals surface area contributed by atoms with Crippen LogP contribution in [0.3, 0.4) is 0 Å². The number of piperidine rings is 1. The van der Waals surface area contributed by atoms with Crippen LogP contribution in [-0.4, -0.2) is 94.8 Å². The smallest absolute Gasteiger partial charge is 0.255 e. The molecule has 4 aromatic carbocycles. The van der Waals surface area contributed by atoms with Crippen LogP contribution in [0.2, 0.25) is 0 Å². The summed E-state index contributed by atoms with van der Waals surface area (Å²) in [6, 6.07) is 26.1. The summed E-state index contributed by atoms with van der Waals surface area (Å²) in [6.45, 7) is 6.77. The van der Waals surface area contributed by atoms with E-state index in [0.29, 0.717) is 44.0 Å². The second-order valence-electron chi connectivity index (χ2n) is 14.7. The molecular weight excluding hydrogens is 810 g/mol. The molecule has 1 aromatic heterocycles. The van der Waals surface area contributed by atoms with Gasteiger partial charge in [-0.25, -0.2) is 0 Å². The molecule has 2 fully saturated rings. The average molecular weight is 853 g/mol. The van der Waals surface area contributed by atoms with Gasteiger partial charge in [0.25, 0.3) is 5.91 Å². The van der Waals surface area contributed by atoms with Crippen LogP contribution in [0.15, 0.2) is 89.4 Å². The molecule has 3 aliphatic rings. The van der Waals surface area contributed by atoms with Crippen LogP contribution < -0.4 is 20.1 Å². The molecular formula is C43H42BrN5O7S. The van der Waals surface area contributed by atoms with Gasteiger partial charge in [-0.2, -0.15) is 0 Å². The van der Waals surface area contributed by atoms with Gasteiger partial charge in [0, 0.05) is 71.9 Å². The number of thiophene rings is 1. The van der Waals surface area contributed by atoms with Crippen LogP contribution in [0.1, 0.15) is 41.3 Å². The largest absolute Gasteiger partial charge is 0.508 e. The number of phenolic OH excluding ortho intramolecular Hbond substituents is 1. The second kappa shape index (κ2) is 16.7. The normalized spacial score (nSPS) is 18.0. The minimum Gasteiger partial charge on any atom is -0.508 e. The number of ether oxygens (including phenoxy) is 2. The van der Waals surface area contributed by atoms with Gasteiger partial charge in [0.15, 0.2) is 5.75 Å². The molecule has 12 nitrogen and oxygen atoms in total. The molecule has 0 bridgehead atoms. The topological polar surface area (TPSA) is 141 Å². The average Bonchev–Trinajstić information content (AvgIpc) is 3.72. The summed E-state index contributed by atoms with van der Waals surface area (Å²) in [7, 11) is 0. The van der Waals surface area contributed by atoms with E-state index in [0.717, 1.165) is 73.8 Å². The van der Waals surface area contributed by atoms with Crippen molar-refractivity contribution in [2.45, 2.75) is 44.9 Å². The quantitative estimate of drug-likeness (QED) is 0.124. The Hall–Kier alpha value is -5.28. The highest BCUT2D eigenvalue weighted by atomic mass is 79.9. The Morgan fingerprint density at radius 2 is 1.72 bits per heavy atom. The van der Waals surface area contributed by atoms with Crippen molar-refractivity contribution in [1.82, 2.24) is 25.3 Å². The number of hydrogen-bond acceptors (Lipinski definition) is 10. The minimum atomic E-state index is -0.656. The van der Waals surface area contributed by atoms with E-state index in [1.54, 1.807) is 29.5 Å². The molecule has 5 aromatic rings. The Kier molecular flexibility index (Phi) is 11.3. The minimum absolute atomic E-state index is 0.0648. The lowest BCUT2D eigenvalue weighted by molar-refractivity contribution is -0.137. The predicted octanol–water partition coefficient (Wildman–Crippen LogP) is 6.29. The zero-order valence-corrected chi connectivity index (χ0v) is 33.7. The Morgan fingerprint density at radius 1 is 0.965 bits per heavy atom. The summed E-state index contributed by atoms with van der Waals surface area (Å²) in [4.78, 5) is 56.9. The Balaban J connectivity index is 0.780. The highest BCUT2D eigenvalue weighted by Crippen LogP contribution is 2.47. The molecule has 1 unspecified atom stereocenters. The number of piperazine rings is 1. The summed E-state index contributed by atoms with van der Waals surface area (Å²) in [5.41, 5.74) is 3.27. The molecule has 2 saturated heterocycles. The van der Waals surface area contributed by atoms with Crippen LogP contribution in [0, 0.1) is 0 Å². The fourth-order valence-electron chi connectivity index (χ4n) is 7.56. The van der Waals surface area contributed by atoms with Gasteiger partial charge in [-0.05, 0) is 90.7 Å². The summed E-state index contributed by atoms with van der Waals surface area (Å²) in [5.74, 6) is 1.37. The SMILES string of the molecule is C[C@@H](COc1ccc(Oc2c(-c3ccc(Br)cc3)sc3cc(O)ccc23)cc1)N1CCN(CC(=O)NCc2ccc3c(c2)CN(C2CCC(=O)NC2=O)C3=O)CC1. The number of aromatic hydroxyl groups is 1. The highest BCUT2D eigenvalue weighted by molar-refractivity contribution is 9.10. The molecule has 8 rings (SSSR count). The molecule has 57 heavy (non-hydrogen) atoms. The third-order valence-corrected chi connectivity index (χ3v) is 12.5. The molecule has 3 N–H and O–H groups in total. The van der Waals surface area contributed by atoms with E-state index < -0.39 is 11.9 Å². The van der Waals surface area contributed by atoms with Crippen molar-refractivity contribution in [2.24, 2.45) is 0 Å². The molecule has 14 heteroatoms. The molecule has 0 spiro atoms. The standard InChI is InChI=1S/C43H42BrN5O7S/c1-26(25-55-32-8-10-33(11-9-32)56-40-35-13-7-31(50)21-37(35)57-41(40)28-3-5-30(44)6-4-28)48-18-16-47(17-19-48)24-39(52)45-22-27-2-12-34-29(20-27)23-49(43(34)54)36-14-15-38(51)46-42(36)53/h2-13,20-21,26,36,50H,14-19,22-25H2,1H3,(H,45,52)(H,46,51,53)/t26-,36?/m0/s1. The van der Waals surface area contributed by atoms with Gasteiger partial charge >= 0.3 is 0 Å². The predicted molar refractivity (Wildman–Crippen MR) is 220 cm³/mol. The fraction of sp³-hybridized carbons (Fsp3) is 0.302. The van der Waals surface area contributed by atoms with Crippen molar-refractivity contribution in [3.05, 3.63) is 106 Å². The van der Waals surface area contributed by atoms with E-state index in [4.69, 9.17) is 9.47 Å². The number of nitrogens with zero attached hydrogens (tertiary/aromatic N) is 3. The van der Waals surface area contributed by atoms with Crippen LogP contribution >= 0.6 is 27.3 Å². The van der Waals surface area contributed by atoms with Gasteiger partial charge in [0.1, 0.15) is 29.9 Å². The zero-order chi connectivity index (χ0) is 39.6. The van der Waals surface area contributed by atoms with Crippen LogP contribution in [0.5, 0.6) is 23.0 Å². The van der Waals surface area contributed by atoms with Crippen molar-refractivity contribution < 1.29 is 33.8 Å². The third kappa shape index (κ3) is 8.69. The van der Waals surface area contributed by atoms with E-state index in [1.807, 2.05) is 66.7 Å². The van der Waals surface area contributed by atoms with Gasteiger partial charge in [-0.1, -0.05) is 40.2 Å². The number of halogens is 1. The first-order valence-corrected chi connectivity index (χ1v) is 20.6. The number of carbonyl (C=O) groups is 4. The van der Waals surface area contributed by atoms with Gasteiger partial charge < -0.3 is 24.8 Å². The van der Waals surface area contributed by atoms with Crippen molar-refractivity contribution in [3.63, 3.8) is 0 Å². The Bertz CT molecular complexity index is 2330. The van der Waals surface area contributed by atoms with E-state index in [9.17, 15) is 24.3 Å². The third-order valence-electron chi connectivity index (χ3n) is 10.7. The molecule has 294 valence electrons. The van der Waals surface area contributed by atoms with Crippen molar-refractivity contribution in [1.29, 1.82) is 0 Å². The Morgan fingerprint density at radius 3 is 2.47 bits per heavy atom. The lowest BCUT2D eigenvalue weighted by atomic mass is 10.0. The molecule has 4 amide bonds. The molecule has 0 radical (unpaired) electrons. The molecule has 3 aliphatic heterocycles. The second-order valence-corrected chi connectivity index (χ2v) is 16.6. The number of imide groups is 1. The van der Waals surface area contributed by atoms with Gasteiger partial charge in [0.2, 0.25) is 17.7 Å². The van der Waals surface area contributed by atoms with E-state index in [-0.39, 0.29) is 35.9 Å². The van der Waals surface area contributed by atoms with Crippen molar-refractivity contribution >= 4 is 61.0 Å². The number of amides is 4. The number of nitrogens with one attached hydrogen (secondary N) is 2. The number of rotatable bonds is 12. The maximum absolute atomic E-state index is 13.0. The highest BCUT2D eigenvalue weighted by Gasteiger charge is 2.39. The summed E-state index contributed by atoms with van der Waals surface area (Å²) in [5, 5.41) is 16.4. The molecule has 4 heterocycles. The van der Waals surface area contributed by atoms with Crippen LogP contribution in [0.4, 0.5) is 0 Å². The van der Waals surface area contributed by atoms with Gasteiger partial charge in [-0.3, -0.25) is 34.3 Å². The first-order valence-electron chi connectivity index (χ1n) is 19.0. The number of carbonyl (C=O) groups excluding carboxylic acids is 4. The molecule has 2 atom stereocenters. The first-order chi connectivity index (χ1) is 27.6. The van der Waals surface area contributed by atoms with E-state index in [2.05, 4.69) is 43.3 Å².